The third kappa shape index (κ3) is 3.57. The average molecular weight is 342 g/mol. The molecular formula is C23H22N2O. The smallest absolute Gasteiger partial charge is 0.255 e. The summed E-state index contributed by atoms with van der Waals surface area (Å²) in [5, 5.41) is 0.853. The van der Waals surface area contributed by atoms with Crippen molar-refractivity contribution in [1.29, 1.82) is 0 Å². The predicted molar refractivity (Wildman–Crippen MR) is 108 cm³/mol. The van der Waals surface area contributed by atoms with Crippen LogP contribution >= 0.6 is 0 Å². The van der Waals surface area contributed by atoms with Gasteiger partial charge >= 0.3 is 0 Å². The fourth-order valence-corrected chi connectivity index (χ4v) is 2.95. The van der Waals surface area contributed by atoms with Crippen LogP contribution < -0.4 is 0 Å². The van der Waals surface area contributed by atoms with E-state index >= 15 is 0 Å². The van der Waals surface area contributed by atoms with E-state index in [1.54, 1.807) is 17.1 Å². The first-order valence-electron chi connectivity index (χ1n) is 8.62. The second-order valence-electron chi connectivity index (χ2n) is 6.23. The molecule has 0 fully saturated rings. The SMILES string of the molecule is C=CCN(CC=C)C(=O)c1cc(-c2ccc(C)cc2)nc2ccccc12. The molecule has 130 valence electrons. The second kappa shape index (κ2) is 7.79. The maximum absolute atomic E-state index is 13.2. The Morgan fingerprint density at radius 2 is 1.69 bits per heavy atom. The average Bonchev–Trinajstić information content (AvgIpc) is 2.67. The van der Waals surface area contributed by atoms with E-state index in [1.807, 2.05) is 42.5 Å². The number of aromatic nitrogens is 1. The molecule has 0 bridgehead atoms. The molecule has 1 aromatic heterocycles. The summed E-state index contributed by atoms with van der Waals surface area (Å²) >= 11 is 0. The molecule has 3 nitrogen and oxygen atoms in total. The zero-order valence-corrected chi connectivity index (χ0v) is 15.0. The summed E-state index contributed by atoms with van der Waals surface area (Å²) in [7, 11) is 0. The van der Waals surface area contributed by atoms with Gasteiger partial charge < -0.3 is 4.90 Å². The number of rotatable bonds is 6. The van der Waals surface area contributed by atoms with Crippen LogP contribution in [-0.2, 0) is 0 Å². The molecular weight excluding hydrogens is 320 g/mol. The number of aryl methyl sites for hydroxylation is 1. The highest BCUT2D eigenvalue weighted by Gasteiger charge is 2.18. The molecule has 0 aliphatic carbocycles. The van der Waals surface area contributed by atoms with E-state index in [2.05, 4.69) is 32.2 Å². The van der Waals surface area contributed by atoms with Gasteiger partial charge in [-0.1, -0.05) is 60.2 Å². The van der Waals surface area contributed by atoms with Crippen molar-refractivity contribution >= 4 is 16.8 Å². The Kier molecular flexibility index (Phi) is 5.28. The highest BCUT2D eigenvalue weighted by atomic mass is 16.2. The maximum Gasteiger partial charge on any atom is 0.255 e. The first kappa shape index (κ1) is 17.6. The number of fused-ring (bicyclic) bond motifs is 1. The third-order valence-electron chi connectivity index (χ3n) is 4.28. The largest absolute Gasteiger partial charge is 0.331 e. The third-order valence-corrected chi connectivity index (χ3v) is 4.28. The van der Waals surface area contributed by atoms with Gasteiger partial charge in [0.1, 0.15) is 0 Å². The molecule has 0 radical (unpaired) electrons. The van der Waals surface area contributed by atoms with E-state index in [0.717, 1.165) is 22.2 Å². The molecule has 0 aliphatic heterocycles. The number of carbonyl (C=O) groups excluding carboxylic acids is 1. The lowest BCUT2D eigenvalue weighted by Gasteiger charge is -2.20. The van der Waals surface area contributed by atoms with Crippen LogP contribution in [0.2, 0.25) is 0 Å². The van der Waals surface area contributed by atoms with Crippen LogP contribution in [0.3, 0.4) is 0 Å². The molecule has 0 atom stereocenters. The lowest BCUT2D eigenvalue weighted by molar-refractivity contribution is 0.0793. The minimum absolute atomic E-state index is 0.0447. The van der Waals surface area contributed by atoms with Gasteiger partial charge in [0.2, 0.25) is 0 Å². The number of hydrogen-bond donors (Lipinski definition) is 0. The zero-order valence-electron chi connectivity index (χ0n) is 15.0. The van der Waals surface area contributed by atoms with Crippen LogP contribution in [0.5, 0.6) is 0 Å². The van der Waals surface area contributed by atoms with Crippen molar-refractivity contribution in [2.45, 2.75) is 6.92 Å². The van der Waals surface area contributed by atoms with Gasteiger partial charge in [0, 0.05) is 24.0 Å². The van der Waals surface area contributed by atoms with Crippen molar-refractivity contribution in [3.05, 3.63) is 91.0 Å². The van der Waals surface area contributed by atoms with Crippen LogP contribution in [-0.4, -0.2) is 28.9 Å². The minimum Gasteiger partial charge on any atom is -0.331 e. The van der Waals surface area contributed by atoms with E-state index in [9.17, 15) is 4.79 Å². The molecule has 0 saturated carbocycles. The number of carbonyl (C=O) groups is 1. The van der Waals surface area contributed by atoms with Crippen molar-refractivity contribution < 1.29 is 4.79 Å². The Balaban J connectivity index is 2.16. The van der Waals surface area contributed by atoms with Gasteiger partial charge in [-0.2, -0.15) is 0 Å². The molecule has 3 heteroatoms. The summed E-state index contributed by atoms with van der Waals surface area (Å²) in [5.41, 5.74) is 4.44. The van der Waals surface area contributed by atoms with Crippen LogP contribution in [0.4, 0.5) is 0 Å². The topological polar surface area (TPSA) is 33.2 Å². The molecule has 26 heavy (non-hydrogen) atoms. The number of hydrogen-bond acceptors (Lipinski definition) is 2. The molecule has 3 aromatic rings. The van der Waals surface area contributed by atoms with Gasteiger partial charge in [0.25, 0.3) is 5.91 Å². The normalized spacial score (nSPS) is 10.5. The Morgan fingerprint density at radius 3 is 2.35 bits per heavy atom. The fraction of sp³-hybridized carbons (Fsp3) is 0.130. The number of para-hydroxylation sites is 1. The van der Waals surface area contributed by atoms with Gasteiger partial charge in [-0.25, -0.2) is 4.98 Å². The quantitative estimate of drug-likeness (QED) is 0.589. The fourth-order valence-electron chi connectivity index (χ4n) is 2.95. The van der Waals surface area contributed by atoms with Gasteiger partial charge in [0.05, 0.1) is 16.8 Å². The monoisotopic (exact) mass is 342 g/mol. The zero-order chi connectivity index (χ0) is 18.5. The first-order valence-corrected chi connectivity index (χ1v) is 8.62. The van der Waals surface area contributed by atoms with Crippen LogP contribution in [0.15, 0.2) is 79.9 Å². The van der Waals surface area contributed by atoms with Crippen LogP contribution in [0.25, 0.3) is 22.2 Å². The molecule has 3 rings (SSSR count). The Morgan fingerprint density at radius 1 is 1.04 bits per heavy atom. The highest BCUT2D eigenvalue weighted by Crippen LogP contribution is 2.26. The summed E-state index contributed by atoms with van der Waals surface area (Å²) in [4.78, 5) is 19.7. The molecule has 1 amide bonds. The minimum atomic E-state index is -0.0447. The second-order valence-corrected chi connectivity index (χ2v) is 6.23. The lowest BCUT2D eigenvalue weighted by Crippen LogP contribution is -2.31. The Hall–Kier alpha value is -3.20. The van der Waals surface area contributed by atoms with E-state index in [4.69, 9.17) is 4.98 Å². The van der Waals surface area contributed by atoms with E-state index in [1.165, 1.54) is 5.56 Å². The van der Waals surface area contributed by atoms with Gasteiger partial charge in [0.15, 0.2) is 0 Å². The van der Waals surface area contributed by atoms with Crippen LogP contribution in [0.1, 0.15) is 15.9 Å². The standard InChI is InChI=1S/C23H22N2O/c1-4-14-25(15-5-2)23(26)20-16-22(18-12-10-17(3)11-13-18)24-21-9-7-6-8-19(20)21/h4-13,16H,1-2,14-15H2,3H3. The number of benzene rings is 2. The van der Waals surface area contributed by atoms with Crippen LogP contribution in [0, 0.1) is 6.92 Å². The van der Waals surface area contributed by atoms with Crippen molar-refractivity contribution in [2.75, 3.05) is 13.1 Å². The predicted octanol–water partition coefficient (Wildman–Crippen LogP) is 5.02. The van der Waals surface area contributed by atoms with E-state index in [0.29, 0.717) is 18.7 Å². The molecule has 1 heterocycles. The molecule has 0 spiro atoms. The van der Waals surface area contributed by atoms with E-state index < -0.39 is 0 Å². The molecule has 0 N–H and O–H groups in total. The van der Waals surface area contributed by atoms with Crippen molar-refractivity contribution in [3.63, 3.8) is 0 Å². The Bertz CT molecular complexity index is 948. The van der Waals surface area contributed by atoms with E-state index in [-0.39, 0.29) is 5.91 Å². The molecule has 0 unspecified atom stereocenters. The number of nitrogens with zero attached hydrogens (tertiary/aromatic N) is 2. The summed E-state index contributed by atoms with van der Waals surface area (Å²) in [6.07, 6.45) is 3.46. The Labute approximate surface area is 154 Å². The summed E-state index contributed by atoms with van der Waals surface area (Å²) < 4.78 is 0. The molecule has 2 aromatic carbocycles. The lowest BCUT2D eigenvalue weighted by atomic mass is 10.0. The first-order chi connectivity index (χ1) is 12.6. The number of amides is 1. The maximum atomic E-state index is 13.2. The van der Waals surface area contributed by atoms with Crippen molar-refractivity contribution in [1.82, 2.24) is 9.88 Å². The highest BCUT2D eigenvalue weighted by molar-refractivity contribution is 6.07. The van der Waals surface area contributed by atoms with Gasteiger partial charge in [-0.3, -0.25) is 4.79 Å². The van der Waals surface area contributed by atoms with Crippen molar-refractivity contribution in [2.24, 2.45) is 0 Å². The molecule has 0 saturated heterocycles. The summed E-state index contributed by atoms with van der Waals surface area (Å²) in [6, 6.07) is 17.8. The number of pyridine rings is 1. The summed E-state index contributed by atoms with van der Waals surface area (Å²) in [5.74, 6) is -0.0447. The van der Waals surface area contributed by atoms with Gasteiger partial charge in [-0.15, -0.1) is 13.2 Å². The summed E-state index contributed by atoms with van der Waals surface area (Å²) in [6.45, 7) is 10.5. The van der Waals surface area contributed by atoms with Gasteiger partial charge in [-0.05, 0) is 19.1 Å². The van der Waals surface area contributed by atoms with Crippen molar-refractivity contribution in [3.8, 4) is 11.3 Å². The molecule has 0 aliphatic rings.